The molecule has 0 saturated heterocycles. The standard InChI is InChI=1S/C17H13FN.C11H20O2.Ir/c1-11-3-4-13(9-12(11)2)16-7-5-14-10-15(18)6-8-17(14)19-16;1-10(2,3)8(12)7-9(13)11(4,5)6;/h3,5-10H,1-2H3;7,12H,1-6H3;/q-1;;/b;8-7-;. The summed E-state index contributed by atoms with van der Waals surface area (Å²) in [5.74, 6) is -0.132. The Morgan fingerprint density at radius 3 is 2.15 bits per heavy atom. The number of hydrogen-bond acceptors (Lipinski definition) is 3. The van der Waals surface area contributed by atoms with Gasteiger partial charge in [-0.25, -0.2) is 4.39 Å². The van der Waals surface area contributed by atoms with E-state index in [1.807, 2.05) is 59.7 Å². The van der Waals surface area contributed by atoms with E-state index in [4.69, 9.17) is 0 Å². The molecule has 1 N–H and O–H groups in total. The average Bonchev–Trinajstić information content (AvgIpc) is 2.68. The summed E-state index contributed by atoms with van der Waals surface area (Å²) >= 11 is 0. The van der Waals surface area contributed by atoms with Gasteiger partial charge in [-0.05, 0) is 23.9 Å². The molecule has 33 heavy (non-hydrogen) atoms. The summed E-state index contributed by atoms with van der Waals surface area (Å²) in [7, 11) is 0. The molecule has 0 saturated carbocycles. The number of fused-ring (bicyclic) bond motifs is 1. The van der Waals surface area contributed by atoms with E-state index >= 15 is 0 Å². The first-order valence-electron chi connectivity index (χ1n) is 10.7. The number of aromatic nitrogens is 1. The second kappa shape index (κ2) is 11.2. The third-order valence-electron chi connectivity index (χ3n) is 5.13. The van der Waals surface area contributed by atoms with Gasteiger partial charge in [0, 0.05) is 42.4 Å². The maximum absolute atomic E-state index is 13.1. The minimum absolute atomic E-state index is 0. The molecule has 0 atom stereocenters. The van der Waals surface area contributed by atoms with E-state index in [0.717, 1.165) is 22.2 Å². The van der Waals surface area contributed by atoms with E-state index in [9.17, 15) is 14.3 Å². The predicted molar refractivity (Wildman–Crippen MR) is 130 cm³/mol. The first-order valence-corrected chi connectivity index (χ1v) is 10.7. The number of carbonyl (C=O) groups is 1. The molecule has 0 spiro atoms. The second-order valence-corrected chi connectivity index (χ2v) is 10.1. The quantitative estimate of drug-likeness (QED) is 0.182. The molecule has 1 aromatic heterocycles. The number of hydrogen-bond donors (Lipinski definition) is 1. The van der Waals surface area contributed by atoms with Crippen LogP contribution in [0.2, 0.25) is 0 Å². The fourth-order valence-electron chi connectivity index (χ4n) is 2.62. The molecule has 3 nitrogen and oxygen atoms in total. The number of aliphatic hydroxyl groups is 1. The van der Waals surface area contributed by atoms with Crippen LogP contribution >= 0.6 is 0 Å². The van der Waals surface area contributed by atoms with Crippen LogP contribution < -0.4 is 0 Å². The van der Waals surface area contributed by atoms with Gasteiger partial charge in [-0.2, -0.15) is 0 Å². The Morgan fingerprint density at radius 2 is 1.61 bits per heavy atom. The summed E-state index contributed by atoms with van der Waals surface area (Å²) in [6.45, 7) is 15.2. The summed E-state index contributed by atoms with van der Waals surface area (Å²) < 4.78 is 13.1. The third kappa shape index (κ3) is 8.17. The van der Waals surface area contributed by atoms with Crippen LogP contribution in [-0.2, 0) is 24.9 Å². The zero-order valence-electron chi connectivity index (χ0n) is 20.6. The van der Waals surface area contributed by atoms with Gasteiger partial charge in [0.15, 0.2) is 5.78 Å². The minimum atomic E-state index is -0.417. The van der Waals surface area contributed by atoms with Gasteiger partial charge < -0.3 is 5.11 Å². The zero-order chi connectivity index (χ0) is 24.3. The topological polar surface area (TPSA) is 50.2 Å². The average molecular weight is 627 g/mol. The summed E-state index contributed by atoms with van der Waals surface area (Å²) in [4.78, 5) is 16.0. The number of aliphatic hydroxyl groups excluding tert-OH is 1. The van der Waals surface area contributed by atoms with Crippen molar-refractivity contribution in [2.24, 2.45) is 10.8 Å². The number of rotatable bonds is 2. The Hall–Kier alpha value is -2.36. The third-order valence-corrected chi connectivity index (χ3v) is 5.13. The molecule has 1 heterocycles. The van der Waals surface area contributed by atoms with E-state index < -0.39 is 5.41 Å². The predicted octanol–water partition coefficient (Wildman–Crippen LogP) is 7.55. The maximum Gasteiger partial charge on any atom is 0.164 e. The molecule has 5 heteroatoms. The first-order chi connectivity index (χ1) is 14.7. The van der Waals surface area contributed by atoms with Crippen LogP contribution in [0.5, 0.6) is 0 Å². The van der Waals surface area contributed by atoms with Crippen molar-refractivity contribution in [2.45, 2.75) is 55.4 Å². The van der Waals surface area contributed by atoms with E-state index in [0.29, 0.717) is 0 Å². The van der Waals surface area contributed by atoms with E-state index in [-0.39, 0.29) is 42.9 Å². The monoisotopic (exact) mass is 627 g/mol. The van der Waals surface area contributed by atoms with Gasteiger partial charge in [-0.1, -0.05) is 67.5 Å². The van der Waals surface area contributed by atoms with Gasteiger partial charge in [-0.15, -0.1) is 34.9 Å². The Labute approximate surface area is 210 Å². The number of halogens is 1. The number of nitrogens with zero attached hydrogens (tertiary/aromatic N) is 1. The summed E-state index contributed by atoms with van der Waals surface area (Å²) in [5.41, 5.74) is 4.29. The molecule has 3 aromatic rings. The fourth-order valence-corrected chi connectivity index (χ4v) is 2.62. The van der Waals surface area contributed by atoms with Crippen LogP contribution in [-0.4, -0.2) is 15.9 Å². The molecule has 0 aliphatic heterocycles. The van der Waals surface area contributed by atoms with Gasteiger partial charge in [0.25, 0.3) is 0 Å². The van der Waals surface area contributed by atoms with Gasteiger partial charge in [0.2, 0.25) is 0 Å². The molecule has 0 aliphatic rings. The van der Waals surface area contributed by atoms with Crippen molar-refractivity contribution >= 4 is 16.7 Å². The second-order valence-electron chi connectivity index (χ2n) is 10.1. The molecule has 0 bridgehead atoms. The Bertz CT molecular complexity index is 1150. The molecular formula is C28H33FIrNO2-. The fraction of sp³-hybridized carbons (Fsp3) is 0.357. The van der Waals surface area contributed by atoms with Gasteiger partial charge in [0.1, 0.15) is 11.6 Å². The summed E-state index contributed by atoms with van der Waals surface area (Å²) in [6.07, 6.45) is 1.33. The van der Waals surface area contributed by atoms with Crippen LogP contribution in [0.25, 0.3) is 22.2 Å². The number of benzene rings is 2. The van der Waals surface area contributed by atoms with E-state index in [1.54, 1.807) is 6.07 Å². The Kier molecular flexibility index (Phi) is 9.71. The number of allylic oxidation sites excluding steroid dienone is 2. The van der Waals surface area contributed by atoms with Gasteiger partial charge >= 0.3 is 0 Å². The van der Waals surface area contributed by atoms with Crippen LogP contribution in [0.3, 0.4) is 0 Å². The molecule has 0 aliphatic carbocycles. The number of aryl methyl sites for hydroxylation is 2. The first kappa shape index (κ1) is 28.7. The Morgan fingerprint density at radius 1 is 0.970 bits per heavy atom. The molecule has 179 valence electrons. The van der Waals surface area contributed by atoms with Crippen molar-refractivity contribution in [1.82, 2.24) is 4.98 Å². The summed E-state index contributed by atoms with van der Waals surface area (Å²) in [5, 5.41) is 10.4. The number of ketones is 1. The van der Waals surface area contributed by atoms with Crippen molar-refractivity contribution in [2.75, 3.05) is 0 Å². The van der Waals surface area contributed by atoms with Crippen molar-refractivity contribution in [1.29, 1.82) is 0 Å². The van der Waals surface area contributed by atoms with E-state index in [2.05, 4.69) is 31.0 Å². The zero-order valence-corrected chi connectivity index (χ0v) is 23.0. The largest absolute Gasteiger partial charge is 0.512 e. The number of carbonyl (C=O) groups excluding carboxylic acids is 1. The molecule has 2 aromatic carbocycles. The van der Waals surface area contributed by atoms with Crippen LogP contribution in [0.15, 0.2) is 54.3 Å². The molecular weight excluding hydrogens is 594 g/mol. The molecule has 3 rings (SSSR count). The Balaban J connectivity index is 0.000000346. The van der Waals surface area contributed by atoms with Crippen molar-refractivity contribution in [3.8, 4) is 11.3 Å². The SMILES string of the molecule is CC(C)(C)C(=O)/C=C(\O)C(C)(C)C.Cc1c[c-]c(-c2ccc3cc(F)ccc3n2)cc1C.[Ir]. The van der Waals surface area contributed by atoms with Crippen LogP contribution in [0.1, 0.15) is 52.7 Å². The van der Waals surface area contributed by atoms with Crippen molar-refractivity contribution < 1.29 is 34.4 Å². The summed E-state index contributed by atoms with van der Waals surface area (Å²) in [6, 6.07) is 15.7. The normalized spacial score (nSPS) is 12.0. The molecule has 0 amide bonds. The van der Waals surface area contributed by atoms with Gasteiger partial charge in [0.05, 0.1) is 5.52 Å². The molecule has 1 radical (unpaired) electrons. The number of pyridine rings is 1. The smallest absolute Gasteiger partial charge is 0.164 e. The van der Waals surface area contributed by atoms with Crippen LogP contribution in [0.4, 0.5) is 4.39 Å². The van der Waals surface area contributed by atoms with Crippen LogP contribution in [0, 0.1) is 36.6 Å². The van der Waals surface area contributed by atoms with Crippen molar-refractivity contribution in [3.05, 3.63) is 77.3 Å². The maximum atomic E-state index is 13.1. The molecule has 0 unspecified atom stereocenters. The minimum Gasteiger partial charge on any atom is -0.512 e. The molecule has 0 fully saturated rings. The van der Waals surface area contributed by atoms with Gasteiger partial charge in [-0.3, -0.25) is 9.78 Å². The van der Waals surface area contributed by atoms with Crippen molar-refractivity contribution in [3.63, 3.8) is 0 Å². The van der Waals surface area contributed by atoms with E-state index in [1.165, 1.54) is 29.3 Å².